The van der Waals surface area contributed by atoms with Crippen LogP contribution in [0.3, 0.4) is 0 Å². The minimum Gasteiger partial charge on any atom is -0.0625 e. The predicted molar refractivity (Wildman–Crippen MR) is 327 cm³/mol. The molecule has 0 bridgehead atoms. The van der Waals surface area contributed by atoms with Crippen molar-refractivity contribution in [2.45, 2.75) is 369 Å². The van der Waals surface area contributed by atoms with Crippen LogP contribution in [0.15, 0.2) is 0 Å². The van der Waals surface area contributed by atoms with E-state index in [2.05, 4.69) is 132 Å². The lowest BCUT2D eigenvalue weighted by atomic mass is 9.59. The molecule has 72 heavy (non-hydrogen) atoms. The van der Waals surface area contributed by atoms with Crippen molar-refractivity contribution < 1.29 is 0 Å². The van der Waals surface area contributed by atoms with Gasteiger partial charge in [0.1, 0.15) is 0 Å². The highest BCUT2D eigenvalue weighted by Gasteiger charge is 2.41. The van der Waals surface area contributed by atoms with E-state index in [1.165, 1.54) is 186 Å². The van der Waals surface area contributed by atoms with Crippen molar-refractivity contribution in [2.24, 2.45) is 91.2 Å². The molecule has 9 aliphatic carbocycles. The van der Waals surface area contributed by atoms with Gasteiger partial charge in [0.05, 0.1) is 0 Å². The molecular formula is C72H140. The second-order valence-electron chi connectivity index (χ2n) is 33.4. The van der Waals surface area contributed by atoms with Crippen LogP contribution in [-0.4, -0.2) is 0 Å². The Hall–Kier alpha value is 0. The topological polar surface area (TPSA) is 0 Å². The van der Waals surface area contributed by atoms with Crippen molar-refractivity contribution in [3.8, 4) is 0 Å². The molecule has 9 rings (SSSR count). The van der Waals surface area contributed by atoms with E-state index < -0.39 is 0 Å². The lowest BCUT2D eigenvalue weighted by Gasteiger charge is -2.47. The summed E-state index contributed by atoms with van der Waals surface area (Å²) in [6.07, 6.45) is 55.6. The van der Waals surface area contributed by atoms with Gasteiger partial charge in [-0.25, -0.2) is 0 Å². The first-order valence-corrected chi connectivity index (χ1v) is 33.5. The van der Waals surface area contributed by atoms with Gasteiger partial charge in [0.15, 0.2) is 0 Å². The highest BCUT2D eigenvalue weighted by molar-refractivity contribution is 4.93. The minimum absolute atomic E-state index is 0.584. The zero-order valence-corrected chi connectivity index (χ0v) is 53.9. The molecule has 9 saturated carbocycles. The quantitative estimate of drug-likeness (QED) is 0.259. The van der Waals surface area contributed by atoms with Crippen LogP contribution in [0, 0.1) is 91.2 Å². The zero-order chi connectivity index (χ0) is 53.9. The Morgan fingerprint density at radius 2 is 0.514 bits per heavy atom. The third-order valence-electron chi connectivity index (χ3n) is 22.6. The molecule has 9 aliphatic rings. The highest BCUT2D eigenvalue weighted by atomic mass is 14.5. The summed E-state index contributed by atoms with van der Waals surface area (Å²) in [6, 6.07) is 0. The third-order valence-corrected chi connectivity index (χ3v) is 22.6. The van der Waals surface area contributed by atoms with Gasteiger partial charge in [-0.2, -0.15) is 0 Å². The van der Waals surface area contributed by atoms with Crippen LogP contribution in [0.2, 0.25) is 0 Å². The van der Waals surface area contributed by atoms with Gasteiger partial charge < -0.3 is 0 Å². The van der Waals surface area contributed by atoms with Crippen molar-refractivity contribution in [2.75, 3.05) is 0 Å². The summed E-state index contributed by atoms with van der Waals surface area (Å²) in [5.74, 6) is 8.58. The summed E-state index contributed by atoms with van der Waals surface area (Å²) in [7, 11) is 0. The first-order chi connectivity index (χ1) is 33.5. The maximum atomic E-state index is 2.45. The van der Waals surface area contributed by atoms with Crippen LogP contribution in [-0.2, 0) is 0 Å². The van der Waals surface area contributed by atoms with E-state index in [0.717, 1.165) is 69.5 Å². The van der Waals surface area contributed by atoms with Crippen LogP contribution < -0.4 is 0 Å². The van der Waals surface area contributed by atoms with Crippen molar-refractivity contribution in [3.05, 3.63) is 0 Å². The van der Waals surface area contributed by atoms with Crippen LogP contribution in [0.25, 0.3) is 0 Å². The van der Waals surface area contributed by atoms with Crippen molar-refractivity contribution in [1.82, 2.24) is 0 Å². The molecule has 0 heteroatoms. The second-order valence-corrected chi connectivity index (χ2v) is 33.4. The maximum absolute atomic E-state index is 2.45. The smallest absolute Gasteiger partial charge is 0.0297 e. The summed E-state index contributed by atoms with van der Waals surface area (Å²) in [4.78, 5) is 0. The van der Waals surface area contributed by atoms with E-state index in [4.69, 9.17) is 0 Å². The Morgan fingerprint density at radius 3 is 0.778 bits per heavy atom. The Bertz CT molecular complexity index is 1310. The van der Waals surface area contributed by atoms with Gasteiger partial charge in [0.25, 0.3) is 0 Å². The fourth-order valence-corrected chi connectivity index (χ4v) is 16.5. The van der Waals surface area contributed by atoms with E-state index in [1.54, 1.807) is 51.4 Å². The standard InChI is InChI=1S/C14H26.C12H22.C11H20.C11H22.C9H18.C8H18.C7H14/c1-12-4-6-14(7-5-12)10-8-13(2,3)9-11-14;1-11-5-9-12(10-6-11)7-3-2-4-8-12;1-10-4-8-11(9-5-10)6-2-3-7-11;1-9-6-10(2,3)8-11(4,5)7-9;1-8-4-6-9(2,3)7-5-8;1-6(2)8(5)7(3)4;1-7-5-3-2-4-6-7/h12H,4-11H2,1-3H3;11H,2-10H2,1H3;10H,2-9H2,1H3;9H,6-8H2,1-5H3;8H,4-7H2,1-3H3;6-8H,1-5H3;7H,2-6H2,1H3. The fraction of sp³-hybridized carbons (Fsp3) is 1.00. The molecule has 9 fully saturated rings. The lowest BCUT2D eigenvalue weighted by Crippen LogP contribution is -2.34. The second kappa shape index (κ2) is 31.0. The first kappa shape index (κ1) is 66.3. The van der Waals surface area contributed by atoms with Gasteiger partial charge in [-0.05, 0) is 213 Å². The molecule has 0 amide bonds. The third kappa shape index (κ3) is 26.1. The lowest BCUT2D eigenvalue weighted by molar-refractivity contribution is 0.0511. The van der Waals surface area contributed by atoms with E-state index in [9.17, 15) is 0 Å². The molecule has 428 valence electrons. The van der Waals surface area contributed by atoms with E-state index >= 15 is 0 Å². The molecule has 0 aliphatic heterocycles. The molecule has 3 spiro atoms. The average Bonchev–Trinajstić information content (AvgIpc) is 3.77. The molecule has 0 atom stereocenters. The largest absolute Gasteiger partial charge is 0.0625 e. The van der Waals surface area contributed by atoms with Crippen molar-refractivity contribution in [1.29, 1.82) is 0 Å². The van der Waals surface area contributed by atoms with Gasteiger partial charge in [-0.3, -0.25) is 0 Å². The SMILES string of the molecule is CC(C)C(C)C(C)C.CC1CC(C)(C)CC(C)(C)C1.CC1CCC(C)(C)CC1.CC1CCC2(CC1)CCC(C)(C)CC2.CC1CCC2(CCCC2)CC1.CC1CCC2(CCCCC2)CC1.CC1CCCCC1. The van der Waals surface area contributed by atoms with Crippen LogP contribution in [0.1, 0.15) is 369 Å². The molecule has 0 aromatic heterocycles. The molecule has 0 N–H and O–H groups in total. The summed E-state index contributed by atoms with van der Waals surface area (Å²) < 4.78 is 0. The molecule has 0 aromatic carbocycles. The molecular weight excluding hydrogens is 865 g/mol. The Kier molecular flexibility index (Phi) is 28.5. The summed E-state index contributed by atoms with van der Waals surface area (Å²) in [5.41, 5.74) is 4.96. The van der Waals surface area contributed by atoms with Gasteiger partial charge in [0, 0.05) is 0 Å². The van der Waals surface area contributed by atoms with E-state index in [-0.39, 0.29) is 0 Å². The summed E-state index contributed by atoms with van der Waals surface area (Å²) >= 11 is 0. The van der Waals surface area contributed by atoms with E-state index in [1.807, 2.05) is 0 Å². The number of hydrogen-bond acceptors (Lipinski definition) is 0. The molecule has 0 radical (unpaired) electrons. The summed E-state index contributed by atoms with van der Waals surface area (Å²) in [5, 5.41) is 0. The van der Waals surface area contributed by atoms with Gasteiger partial charge in [-0.15, -0.1) is 0 Å². The number of rotatable bonds is 2. The molecule has 0 heterocycles. The normalized spacial score (nSPS) is 28.1. The highest BCUT2D eigenvalue weighted by Crippen LogP contribution is 2.54. The first-order valence-electron chi connectivity index (χ1n) is 33.5. The Balaban J connectivity index is 0.000000224. The fourth-order valence-electron chi connectivity index (χ4n) is 16.5. The average molecular weight is 1010 g/mol. The Labute approximate surface area is 458 Å². The van der Waals surface area contributed by atoms with Crippen molar-refractivity contribution in [3.63, 3.8) is 0 Å². The van der Waals surface area contributed by atoms with Crippen LogP contribution >= 0.6 is 0 Å². The van der Waals surface area contributed by atoms with Crippen LogP contribution in [0.4, 0.5) is 0 Å². The predicted octanol–water partition coefficient (Wildman–Crippen LogP) is 25.3. The monoisotopic (exact) mass is 1010 g/mol. The van der Waals surface area contributed by atoms with Gasteiger partial charge >= 0.3 is 0 Å². The summed E-state index contributed by atoms with van der Waals surface area (Å²) in [6.45, 7) is 45.1. The molecule has 0 aromatic rings. The van der Waals surface area contributed by atoms with Gasteiger partial charge in [-0.1, -0.05) is 247 Å². The van der Waals surface area contributed by atoms with Crippen molar-refractivity contribution >= 4 is 0 Å². The maximum Gasteiger partial charge on any atom is -0.0297 e. The molecule has 0 saturated heterocycles. The minimum atomic E-state index is 0.584. The van der Waals surface area contributed by atoms with E-state index in [0.29, 0.717) is 21.7 Å². The molecule has 0 unspecified atom stereocenters. The van der Waals surface area contributed by atoms with Gasteiger partial charge in [0.2, 0.25) is 0 Å². The van der Waals surface area contributed by atoms with Crippen LogP contribution in [0.5, 0.6) is 0 Å². The molecule has 0 nitrogen and oxygen atoms in total. The Morgan fingerprint density at radius 1 is 0.250 bits per heavy atom. The zero-order valence-electron chi connectivity index (χ0n) is 53.9. The number of hydrogen-bond donors (Lipinski definition) is 0.